The van der Waals surface area contributed by atoms with Crippen LogP contribution in [0.25, 0.3) is 0 Å². The van der Waals surface area contributed by atoms with Gasteiger partial charge in [-0.15, -0.1) is 19.0 Å². The topological polar surface area (TPSA) is 50.7 Å². The average Bonchev–Trinajstić information content (AvgIpc) is 2.31. The maximum atomic E-state index is 9.70. The standard InChI is InChI=1S/C12H17NO3.ClH/c1-4-5-13-8-9-6-10(15-2)12(14)11(7-9)16-3;/h4,6-7,13-14H,1,5,8H2,2-3H3;1H. The van der Waals surface area contributed by atoms with E-state index in [4.69, 9.17) is 9.47 Å². The molecule has 0 heterocycles. The first-order valence-corrected chi connectivity index (χ1v) is 4.98. The fourth-order valence-electron chi connectivity index (χ4n) is 1.37. The third kappa shape index (κ3) is 4.17. The van der Waals surface area contributed by atoms with E-state index in [2.05, 4.69) is 11.9 Å². The van der Waals surface area contributed by atoms with Gasteiger partial charge in [0.05, 0.1) is 14.2 Å². The molecular formula is C12H18ClNO3. The Hall–Kier alpha value is -1.39. The van der Waals surface area contributed by atoms with Crippen LogP contribution in [0.3, 0.4) is 0 Å². The molecule has 96 valence electrons. The monoisotopic (exact) mass is 259 g/mol. The van der Waals surface area contributed by atoms with Gasteiger partial charge in [0.15, 0.2) is 11.5 Å². The van der Waals surface area contributed by atoms with Crippen molar-refractivity contribution < 1.29 is 14.6 Å². The second kappa shape index (κ2) is 7.81. The second-order valence-electron chi connectivity index (χ2n) is 3.27. The van der Waals surface area contributed by atoms with Gasteiger partial charge in [0.25, 0.3) is 0 Å². The Balaban J connectivity index is 0.00000256. The number of methoxy groups -OCH3 is 2. The summed E-state index contributed by atoms with van der Waals surface area (Å²) in [5, 5.41) is 12.9. The second-order valence-corrected chi connectivity index (χ2v) is 3.27. The summed E-state index contributed by atoms with van der Waals surface area (Å²) < 4.78 is 10.1. The molecule has 0 spiro atoms. The van der Waals surface area contributed by atoms with Crippen LogP contribution in [-0.2, 0) is 6.54 Å². The zero-order valence-corrected chi connectivity index (χ0v) is 10.8. The van der Waals surface area contributed by atoms with E-state index in [-0.39, 0.29) is 18.2 Å². The van der Waals surface area contributed by atoms with Gasteiger partial charge in [-0.3, -0.25) is 0 Å². The normalized spacial score (nSPS) is 9.29. The van der Waals surface area contributed by atoms with Crippen molar-refractivity contribution in [3.63, 3.8) is 0 Å². The van der Waals surface area contributed by atoms with Crippen molar-refractivity contribution in [3.8, 4) is 17.2 Å². The van der Waals surface area contributed by atoms with E-state index in [0.29, 0.717) is 18.0 Å². The number of ether oxygens (including phenoxy) is 2. The number of hydrogen-bond donors (Lipinski definition) is 2. The Morgan fingerprint density at radius 1 is 1.29 bits per heavy atom. The number of rotatable bonds is 6. The first kappa shape index (κ1) is 15.6. The minimum Gasteiger partial charge on any atom is -0.502 e. The van der Waals surface area contributed by atoms with Gasteiger partial charge in [-0.2, -0.15) is 0 Å². The summed E-state index contributed by atoms with van der Waals surface area (Å²) in [6, 6.07) is 3.54. The van der Waals surface area contributed by atoms with Crippen LogP contribution in [0.5, 0.6) is 17.2 Å². The van der Waals surface area contributed by atoms with E-state index < -0.39 is 0 Å². The van der Waals surface area contributed by atoms with Crippen molar-refractivity contribution in [1.82, 2.24) is 5.32 Å². The fourth-order valence-corrected chi connectivity index (χ4v) is 1.37. The van der Waals surface area contributed by atoms with Crippen LogP contribution in [0.1, 0.15) is 5.56 Å². The van der Waals surface area contributed by atoms with Gasteiger partial charge in [-0.05, 0) is 17.7 Å². The van der Waals surface area contributed by atoms with Crippen molar-refractivity contribution in [2.75, 3.05) is 20.8 Å². The molecular weight excluding hydrogens is 242 g/mol. The van der Waals surface area contributed by atoms with Crippen molar-refractivity contribution in [3.05, 3.63) is 30.4 Å². The predicted octanol–water partition coefficient (Wildman–Crippen LogP) is 2.11. The molecule has 0 fully saturated rings. The summed E-state index contributed by atoms with van der Waals surface area (Å²) in [5.41, 5.74) is 0.980. The van der Waals surface area contributed by atoms with Crippen LogP contribution in [0.15, 0.2) is 24.8 Å². The van der Waals surface area contributed by atoms with E-state index in [1.54, 1.807) is 18.2 Å². The van der Waals surface area contributed by atoms with Gasteiger partial charge >= 0.3 is 0 Å². The third-order valence-electron chi connectivity index (χ3n) is 2.16. The summed E-state index contributed by atoms with van der Waals surface area (Å²) in [7, 11) is 3.02. The molecule has 0 aliphatic carbocycles. The molecule has 0 radical (unpaired) electrons. The van der Waals surface area contributed by atoms with Crippen molar-refractivity contribution in [2.45, 2.75) is 6.54 Å². The third-order valence-corrected chi connectivity index (χ3v) is 2.16. The van der Waals surface area contributed by atoms with E-state index in [9.17, 15) is 5.11 Å². The van der Waals surface area contributed by atoms with Gasteiger partial charge in [-0.1, -0.05) is 6.08 Å². The molecule has 0 atom stereocenters. The van der Waals surface area contributed by atoms with Crippen molar-refractivity contribution in [2.24, 2.45) is 0 Å². The lowest BCUT2D eigenvalue weighted by Gasteiger charge is -2.11. The SMILES string of the molecule is C=CCNCc1cc(OC)c(O)c(OC)c1.Cl. The number of halogens is 1. The lowest BCUT2D eigenvalue weighted by Crippen LogP contribution is -2.12. The van der Waals surface area contributed by atoms with Gasteiger partial charge in [0.1, 0.15) is 0 Å². The van der Waals surface area contributed by atoms with Gasteiger partial charge in [-0.25, -0.2) is 0 Å². The summed E-state index contributed by atoms with van der Waals surface area (Å²) in [6.45, 7) is 5.01. The fraction of sp³-hybridized carbons (Fsp3) is 0.333. The van der Waals surface area contributed by atoms with Gasteiger partial charge in [0.2, 0.25) is 5.75 Å². The predicted molar refractivity (Wildman–Crippen MR) is 70.4 cm³/mol. The first-order valence-electron chi connectivity index (χ1n) is 4.98. The number of benzene rings is 1. The number of phenolic OH excluding ortho intramolecular Hbond substituents is 1. The summed E-state index contributed by atoms with van der Waals surface area (Å²) >= 11 is 0. The Bertz CT molecular complexity index is 344. The number of nitrogens with one attached hydrogen (secondary N) is 1. The van der Waals surface area contributed by atoms with Crippen LogP contribution in [0.4, 0.5) is 0 Å². The van der Waals surface area contributed by atoms with Crippen LogP contribution in [-0.4, -0.2) is 25.9 Å². The molecule has 0 saturated heterocycles. The molecule has 0 aromatic heterocycles. The molecule has 4 nitrogen and oxygen atoms in total. The molecule has 1 aromatic rings. The van der Waals surface area contributed by atoms with Crippen molar-refractivity contribution >= 4 is 12.4 Å². The maximum absolute atomic E-state index is 9.70. The highest BCUT2D eigenvalue weighted by molar-refractivity contribution is 5.85. The Kier molecular flexibility index (Phi) is 7.18. The number of aromatic hydroxyl groups is 1. The highest BCUT2D eigenvalue weighted by Crippen LogP contribution is 2.36. The highest BCUT2D eigenvalue weighted by atomic mass is 35.5. The van der Waals surface area contributed by atoms with Gasteiger partial charge < -0.3 is 19.9 Å². The smallest absolute Gasteiger partial charge is 0.200 e. The summed E-state index contributed by atoms with van der Waals surface area (Å²) in [6.07, 6.45) is 1.79. The maximum Gasteiger partial charge on any atom is 0.200 e. The highest BCUT2D eigenvalue weighted by Gasteiger charge is 2.10. The van der Waals surface area contributed by atoms with Crippen LogP contribution in [0.2, 0.25) is 0 Å². The van der Waals surface area contributed by atoms with Crippen LogP contribution >= 0.6 is 12.4 Å². The summed E-state index contributed by atoms with van der Waals surface area (Å²) in [5.74, 6) is 0.849. The molecule has 0 bridgehead atoms. The first-order chi connectivity index (χ1) is 7.72. The zero-order chi connectivity index (χ0) is 12.0. The molecule has 0 amide bonds. The van der Waals surface area contributed by atoms with E-state index in [0.717, 1.165) is 12.1 Å². The lowest BCUT2D eigenvalue weighted by atomic mass is 10.2. The molecule has 0 saturated carbocycles. The van der Waals surface area contributed by atoms with Crippen LogP contribution < -0.4 is 14.8 Å². The molecule has 0 aliphatic rings. The van der Waals surface area contributed by atoms with E-state index in [1.807, 2.05) is 0 Å². The molecule has 2 N–H and O–H groups in total. The van der Waals surface area contributed by atoms with Crippen molar-refractivity contribution in [1.29, 1.82) is 0 Å². The quantitative estimate of drug-likeness (QED) is 0.607. The Labute approximate surface area is 108 Å². The van der Waals surface area contributed by atoms with E-state index in [1.165, 1.54) is 14.2 Å². The Morgan fingerprint density at radius 2 is 1.82 bits per heavy atom. The summed E-state index contributed by atoms with van der Waals surface area (Å²) in [4.78, 5) is 0. The zero-order valence-electron chi connectivity index (χ0n) is 10.0. The minimum absolute atomic E-state index is 0. The van der Waals surface area contributed by atoms with Gasteiger partial charge in [0, 0.05) is 13.1 Å². The molecule has 5 heteroatoms. The number of phenols is 1. The van der Waals surface area contributed by atoms with Crippen LogP contribution in [0, 0.1) is 0 Å². The molecule has 0 unspecified atom stereocenters. The molecule has 1 rings (SSSR count). The number of hydrogen-bond acceptors (Lipinski definition) is 4. The Morgan fingerprint density at radius 3 is 2.24 bits per heavy atom. The molecule has 0 aliphatic heterocycles. The average molecular weight is 260 g/mol. The minimum atomic E-state index is 0. The van der Waals surface area contributed by atoms with E-state index >= 15 is 0 Å². The lowest BCUT2D eigenvalue weighted by molar-refractivity contribution is 0.339. The molecule has 17 heavy (non-hydrogen) atoms. The molecule has 1 aromatic carbocycles. The largest absolute Gasteiger partial charge is 0.502 e.